The van der Waals surface area contributed by atoms with E-state index in [2.05, 4.69) is 11.9 Å². The standard InChI is InChI=1S/C26H25F4N3O2/c1-5-18(27)7-6-15(2)32-22-11-9-20(12-17(22)14-31)35-24-16(3)33(25(34)26(4,29)30)23-13-19(28)8-10-21(23)24/h5-14,16,24,31-32H,2H2,1,3-4H3/b7-6-,18-5+,31-14?/t16?,24-/m0/s1. The van der Waals surface area contributed by atoms with E-state index in [4.69, 9.17) is 10.1 Å². The molecule has 2 N–H and O–H groups in total. The largest absolute Gasteiger partial charge is 0.483 e. The van der Waals surface area contributed by atoms with E-state index in [0.717, 1.165) is 17.2 Å². The van der Waals surface area contributed by atoms with Crippen LogP contribution in [0.3, 0.4) is 0 Å². The number of fused-ring (bicyclic) bond motifs is 1. The number of benzene rings is 2. The minimum Gasteiger partial charge on any atom is -0.483 e. The number of amides is 1. The zero-order valence-electron chi connectivity index (χ0n) is 19.4. The van der Waals surface area contributed by atoms with E-state index in [1.165, 1.54) is 30.4 Å². The van der Waals surface area contributed by atoms with Gasteiger partial charge in [-0.25, -0.2) is 8.78 Å². The van der Waals surface area contributed by atoms with Crippen LogP contribution in [0.15, 0.2) is 72.7 Å². The Morgan fingerprint density at radius 2 is 1.94 bits per heavy atom. The quantitative estimate of drug-likeness (QED) is 0.248. The Bertz CT molecular complexity index is 1220. The fourth-order valence-corrected chi connectivity index (χ4v) is 3.73. The van der Waals surface area contributed by atoms with Gasteiger partial charge in [0.25, 0.3) is 5.91 Å². The molecule has 0 saturated heterocycles. The summed E-state index contributed by atoms with van der Waals surface area (Å²) in [5.41, 5.74) is 1.72. The van der Waals surface area contributed by atoms with Crippen molar-refractivity contribution in [2.24, 2.45) is 0 Å². The van der Waals surface area contributed by atoms with Gasteiger partial charge in [-0.1, -0.05) is 18.7 Å². The Morgan fingerprint density at radius 1 is 1.23 bits per heavy atom. The van der Waals surface area contributed by atoms with Gasteiger partial charge in [-0.05, 0) is 56.3 Å². The van der Waals surface area contributed by atoms with E-state index in [-0.39, 0.29) is 5.69 Å². The molecule has 0 aliphatic carbocycles. The molecule has 0 fully saturated rings. The summed E-state index contributed by atoms with van der Waals surface area (Å²) in [6.07, 6.45) is 4.21. The zero-order valence-corrected chi connectivity index (χ0v) is 19.4. The average molecular weight is 487 g/mol. The highest BCUT2D eigenvalue weighted by atomic mass is 19.3. The van der Waals surface area contributed by atoms with Crippen LogP contribution >= 0.6 is 0 Å². The fraction of sp³-hybridized carbons (Fsp3) is 0.231. The normalized spacial score (nSPS) is 17.9. The highest BCUT2D eigenvalue weighted by Crippen LogP contribution is 2.44. The van der Waals surface area contributed by atoms with Crippen LogP contribution in [0.4, 0.5) is 28.9 Å². The van der Waals surface area contributed by atoms with Crippen molar-refractivity contribution in [3.63, 3.8) is 0 Å². The molecule has 1 aliphatic rings. The van der Waals surface area contributed by atoms with E-state index >= 15 is 0 Å². The molecule has 1 heterocycles. The van der Waals surface area contributed by atoms with Crippen LogP contribution in [0.1, 0.15) is 38.0 Å². The van der Waals surface area contributed by atoms with Gasteiger partial charge >= 0.3 is 5.92 Å². The summed E-state index contributed by atoms with van der Waals surface area (Å²) in [7, 11) is 0. The first kappa shape index (κ1) is 25.7. The molecule has 5 nitrogen and oxygen atoms in total. The maximum absolute atomic E-state index is 13.9. The van der Waals surface area contributed by atoms with Crippen molar-refractivity contribution in [3.8, 4) is 5.75 Å². The van der Waals surface area contributed by atoms with Gasteiger partial charge in [-0.15, -0.1) is 0 Å². The maximum Gasteiger partial charge on any atom is 0.322 e. The summed E-state index contributed by atoms with van der Waals surface area (Å²) < 4.78 is 61.0. The number of allylic oxidation sites excluding steroid dienone is 4. The topological polar surface area (TPSA) is 65.4 Å². The summed E-state index contributed by atoms with van der Waals surface area (Å²) in [5.74, 6) is -5.90. The molecule has 2 aromatic carbocycles. The molecule has 1 aliphatic heterocycles. The van der Waals surface area contributed by atoms with E-state index in [1.54, 1.807) is 32.0 Å². The van der Waals surface area contributed by atoms with Crippen LogP contribution in [0, 0.1) is 11.2 Å². The molecule has 0 bridgehead atoms. The summed E-state index contributed by atoms with van der Waals surface area (Å²) in [6, 6.07) is 7.52. The average Bonchev–Trinajstić information content (AvgIpc) is 3.07. The Kier molecular flexibility index (Phi) is 7.48. The lowest BCUT2D eigenvalue weighted by Gasteiger charge is -2.28. The smallest absolute Gasteiger partial charge is 0.322 e. The van der Waals surface area contributed by atoms with E-state index < -0.39 is 35.6 Å². The number of carbonyl (C=O) groups is 1. The number of nitrogens with one attached hydrogen (secondary N) is 2. The van der Waals surface area contributed by atoms with Crippen LogP contribution in [-0.4, -0.2) is 24.1 Å². The predicted molar refractivity (Wildman–Crippen MR) is 128 cm³/mol. The van der Waals surface area contributed by atoms with Crippen molar-refractivity contribution in [1.82, 2.24) is 0 Å². The highest BCUT2D eigenvalue weighted by molar-refractivity contribution is 6.00. The predicted octanol–water partition coefficient (Wildman–Crippen LogP) is 6.69. The number of alkyl halides is 2. The molecule has 35 heavy (non-hydrogen) atoms. The van der Waals surface area contributed by atoms with Crippen molar-refractivity contribution in [1.29, 1.82) is 5.41 Å². The second kappa shape index (κ2) is 10.2. The van der Waals surface area contributed by atoms with Crippen LogP contribution < -0.4 is 15.0 Å². The van der Waals surface area contributed by atoms with Crippen molar-refractivity contribution < 1.29 is 27.1 Å². The summed E-state index contributed by atoms with van der Waals surface area (Å²) in [4.78, 5) is 13.3. The molecular weight excluding hydrogens is 462 g/mol. The number of ether oxygens (including phenoxy) is 1. The monoisotopic (exact) mass is 487 g/mol. The molecule has 0 radical (unpaired) electrons. The minimum atomic E-state index is -3.65. The Labute approximate surface area is 200 Å². The zero-order chi connectivity index (χ0) is 25.9. The van der Waals surface area contributed by atoms with Crippen LogP contribution in [0.2, 0.25) is 0 Å². The first-order chi connectivity index (χ1) is 16.5. The lowest BCUT2D eigenvalue weighted by molar-refractivity contribution is -0.140. The van der Waals surface area contributed by atoms with Gasteiger partial charge in [-0.3, -0.25) is 9.69 Å². The molecule has 184 valence electrons. The first-order valence-corrected chi connectivity index (χ1v) is 10.7. The summed E-state index contributed by atoms with van der Waals surface area (Å²) in [6.45, 7) is 7.39. The molecule has 1 unspecified atom stereocenters. The summed E-state index contributed by atoms with van der Waals surface area (Å²) in [5, 5.41) is 10.7. The van der Waals surface area contributed by atoms with Gasteiger partial charge in [0.05, 0.1) is 11.7 Å². The molecule has 9 heteroatoms. The van der Waals surface area contributed by atoms with Crippen molar-refractivity contribution >= 4 is 23.5 Å². The molecule has 0 saturated carbocycles. The Balaban J connectivity index is 1.88. The van der Waals surface area contributed by atoms with Gasteiger partial charge < -0.3 is 15.5 Å². The first-order valence-electron chi connectivity index (χ1n) is 10.7. The van der Waals surface area contributed by atoms with Gasteiger partial charge in [0, 0.05) is 35.6 Å². The number of rotatable bonds is 8. The minimum absolute atomic E-state index is 0.0241. The molecular formula is C26H25F4N3O2. The Morgan fingerprint density at radius 3 is 2.57 bits per heavy atom. The molecule has 0 aromatic heterocycles. The third-order valence-electron chi connectivity index (χ3n) is 5.45. The summed E-state index contributed by atoms with van der Waals surface area (Å²) >= 11 is 0. The third-order valence-corrected chi connectivity index (χ3v) is 5.45. The second-order valence-electron chi connectivity index (χ2n) is 8.10. The van der Waals surface area contributed by atoms with Crippen LogP contribution in [-0.2, 0) is 4.79 Å². The van der Waals surface area contributed by atoms with Crippen molar-refractivity contribution in [2.45, 2.75) is 38.8 Å². The molecule has 2 atom stereocenters. The van der Waals surface area contributed by atoms with Gasteiger partial charge in [0.15, 0.2) is 0 Å². The molecule has 2 aromatic rings. The van der Waals surface area contributed by atoms with Crippen molar-refractivity contribution in [2.75, 3.05) is 10.2 Å². The number of carbonyl (C=O) groups excluding carboxylic acids is 1. The lowest BCUT2D eigenvalue weighted by Crippen LogP contribution is -2.46. The highest BCUT2D eigenvalue weighted by Gasteiger charge is 2.47. The van der Waals surface area contributed by atoms with Crippen molar-refractivity contribution in [3.05, 3.63) is 89.7 Å². The number of hydrogen-bond donors (Lipinski definition) is 2. The lowest BCUT2D eigenvalue weighted by atomic mass is 10.1. The number of nitrogens with zero attached hydrogens (tertiary/aromatic N) is 1. The van der Waals surface area contributed by atoms with Gasteiger partial charge in [0.1, 0.15) is 23.5 Å². The van der Waals surface area contributed by atoms with Crippen LogP contribution in [0.25, 0.3) is 0 Å². The van der Waals surface area contributed by atoms with Gasteiger partial charge in [-0.2, -0.15) is 8.78 Å². The number of anilines is 2. The maximum atomic E-state index is 13.9. The van der Waals surface area contributed by atoms with Gasteiger partial charge in [0.2, 0.25) is 0 Å². The third kappa shape index (κ3) is 5.62. The van der Waals surface area contributed by atoms with E-state index in [9.17, 15) is 22.4 Å². The van der Waals surface area contributed by atoms with Crippen LogP contribution in [0.5, 0.6) is 5.75 Å². The Hall–Kier alpha value is -3.88. The SMILES string of the molecule is C=C(/C=C\C(F)=C/C)Nc1ccc(O[C@@H]2c3ccc(F)cc3N(C(=O)C(C)(F)F)C2C)cc1C=N. The molecule has 1 amide bonds. The second-order valence-corrected chi connectivity index (χ2v) is 8.10. The number of hydrogen-bond acceptors (Lipinski definition) is 4. The van der Waals surface area contributed by atoms with E-state index in [0.29, 0.717) is 35.2 Å². The fourth-order valence-electron chi connectivity index (χ4n) is 3.73. The van der Waals surface area contributed by atoms with E-state index in [1.807, 2.05) is 0 Å². The number of halogens is 4. The molecule has 3 rings (SSSR count). The molecule has 0 spiro atoms.